The van der Waals surface area contributed by atoms with E-state index >= 15 is 0 Å². The third kappa shape index (κ3) is 1.55. The lowest BCUT2D eigenvalue weighted by Crippen LogP contribution is -2.34. The highest BCUT2D eigenvalue weighted by Crippen LogP contribution is 2.07. The standard InChI is InChI=1S/C5H3BNO2.CH3.Al/c1-7-4(8)2-3(6)5(7)9;;/h2H,1H2;1H3;. The largest absolute Gasteiger partial charge is 0.291 e. The summed E-state index contributed by atoms with van der Waals surface area (Å²) in [7, 11) is 5.25. The second-order valence-electron chi connectivity index (χ2n) is 2.26. The van der Waals surface area contributed by atoms with Crippen LogP contribution in [0.2, 0.25) is 5.79 Å². The van der Waals surface area contributed by atoms with Gasteiger partial charge < -0.3 is 0 Å². The summed E-state index contributed by atoms with van der Waals surface area (Å²) in [6.45, 7) is 0. The van der Waals surface area contributed by atoms with Gasteiger partial charge in [-0.25, -0.2) is 0 Å². The van der Waals surface area contributed by atoms with Crippen molar-refractivity contribution in [3.8, 4) is 0 Å². The van der Waals surface area contributed by atoms with Crippen LogP contribution in [0.5, 0.6) is 0 Å². The molecule has 0 spiro atoms. The number of nitrogens with zero attached hydrogens (tertiary/aromatic N) is 1. The van der Waals surface area contributed by atoms with E-state index in [2.05, 4.69) is 0 Å². The van der Waals surface area contributed by atoms with Crippen molar-refractivity contribution in [3.63, 3.8) is 0 Å². The third-order valence-electron chi connectivity index (χ3n) is 1.40. The minimum Gasteiger partial charge on any atom is -0.291 e. The molecule has 2 amide bonds. The normalized spacial score (nSPS) is 17.2. The first-order valence-electron chi connectivity index (χ1n) is 3.27. The first kappa shape index (κ1) is 8.57. The molecule has 1 aliphatic heterocycles. The Balaban J connectivity index is 2.73. The van der Waals surface area contributed by atoms with Gasteiger partial charge in [0.25, 0.3) is 5.91 Å². The first-order chi connectivity index (χ1) is 5.16. The molecule has 3 nitrogen and oxygen atoms in total. The highest BCUT2D eigenvalue weighted by Gasteiger charge is 2.26. The predicted octanol–water partition coefficient (Wildman–Crippen LogP) is -0.883. The van der Waals surface area contributed by atoms with Crippen molar-refractivity contribution in [2.24, 2.45) is 0 Å². The van der Waals surface area contributed by atoms with Crippen LogP contribution in [0, 0.1) is 0 Å². The molecular weight excluding hydrogens is 156 g/mol. The average Bonchev–Trinajstić information content (AvgIpc) is 2.17. The lowest BCUT2D eigenvalue weighted by Gasteiger charge is -2.12. The Morgan fingerprint density at radius 1 is 1.64 bits per heavy atom. The van der Waals surface area contributed by atoms with Gasteiger partial charge in [-0.15, -0.1) is 5.79 Å². The monoisotopic (exact) mass is 162 g/mol. The second kappa shape index (κ2) is 3.25. The van der Waals surface area contributed by atoms with Crippen LogP contribution < -0.4 is 0 Å². The number of rotatable bonds is 2. The van der Waals surface area contributed by atoms with E-state index in [9.17, 15) is 9.59 Å². The molecule has 1 rings (SSSR count). The Bertz CT molecular complexity index is 239. The quantitative estimate of drug-likeness (QED) is 0.390. The minimum absolute atomic E-state index is 0.0582. The molecular formula is C6H6AlBNO2. The van der Waals surface area contributed by atoms with Crippen molar-refractivity contribution in [2.45, 2.75) is 5.79 Å². The molecule has 0 fully saturated rings. The number of carbonyl (C=O) groups is 2. The Morgan fingerprint density at radius 2 is 2.27 bits per heavy atom. The van der Waals surface area contributed by atoms with Gasteiger partial charge in [0.15, 0.2) is 0 Å². The van der Waals surface area contributed by atoms with Crippen molar-refractivity contribution in [1.29, 1.82) is 0 Å². The Morgan fingerprint density at radius 3 is 2.64 bits per heavy atom. The molecule has 11 heavy (non-hydrogen) atoms. The summed E-state index contributed by atoms with van der Waals surface area (Å²) in [6, 6.07) is 0. The van der Waals surface area contributed by atoms with E-state index < -0.39 is 0 Å². The smallest absolute Gasteiger partial charge is 0.251 e. The Kier molecular flexibility index (Phi) is 2.53. The SMILES string of the molecule is [B]C1=CC(=O)N([CH2][Al][CH3])C1=O. The summed E-state index contributed by atoms with van der Waals surface area (Å²) in [5.74, 6) is 1.36. The van der Waals surface area contributed by atoms with E-state index in [1.54, 1.807) is 0 Å². The van der Waals surface area contributed by atoms with Gasteiger partial charge >= 0.3 is 0 Å². The molecule has 0 aromatic rings. The van der Waals surface area contributed by atoms with E-state index in [-0.39, 0.29) is 32.5 Å². The van der Waals surface area contributed by atoms with Gasteiger partial charge in [0.2, 0.25) is 21.1 Å². The van der Waals surface area contributed by atoms with Crippen LogP contribution in [0.15, 0.2) is 11.5 Å². The zero-order valence-corrected chi connectivity index (χ0v) is 7.36. The Labute approximate surface area is 72.6 Å². The zero-order valence-electron chi connectivity index (χ0n) is 6.20. The molecule has 0 aromatic carbocycles. The number of carbonyl (C=O) groups excluding carboxylic acids is 2. The Hall–Kier alpha value is -0.523. The van der Waals surface area contributed by atoms with E-state index in [0.29, 0.717) is 5.41 Å². The van der Waals surface area contributed by atoms with Gasteiger partial charge in [0, 0.05) is 6.08 Å². The maximum Gasteiger partial charge on any atom is 0.251 e. The summed E-state index contributed by atoms with van der Waals surface area (Å²) in [5, 5.41) is 0.537. The third-order valence-corrected chi connectivity index (χ3v) is 2.13. The highest BCUT2D eigenvalue weighted by molar-refractivity contribution is 6.44. The van der Waals surface area contributed by atoms with Gasteiger partial charge in [-0.3, -0.25) is 14.5 Å². The van der Waals surface area contributed by atoms with Crippen molar-refractivity contribution < 1.29 is 9.59 Å². The lowest BCUT2D eigenvalue weighted by atomic mass is 9.97. The molecule has 0 N–H and O–H groups in total. The molecule has 5 heteroatoms. The van der Waals surface area contributed by atoms with Crippen LogP contribution >= 0.6 is 0 Å². The van der Waals surface area contributed by atoms with Crippen molar-refractivity contribution in [1.82, 2.24) is 4.90 Å². The van der Waals surface area contributed by atoms with E-state index in [0.717, 1.165) is 0 Å². The minimum atomic E-state index is -0.343. The second-order valence-corrected chi connectivity index (χ2v) is 3.44. The van der Waals surface area contributed by atoms with Crippen LogP contribution in [0.1, 0.15) is 0 Å². The van der Waals surface area contributed by atoms with Crippen molar-refractivity contribution in [2.75, 3.05) is 5.41 Å². The number of hydrogen-bond donors (Lipinski definition) is 0. The maximum atomic E-state index is 11.0. The number of amides is 2. The molecule has 0 saturated heterocycles. The van der Waals surface area contributed by atoms with Gasteiger partial charge in [-0.1, -0.05) is 0 Å². The summed E-state index contributed by atoms with van der Waals surface area (Å²) < 4.78 is 0. The maximum absolute atomic E-state index is 11.0. The van der Waals surface area contributed by atoms with Gasteiger partial charge in [0.05, 0.1) is 0 Å². The van der Waals surface area contributed by atoms with Crippen LogP contribution in [0.25, 0.3) is 0 Å². The summed E-state index contributed by atoms with van der Waals surface area (Å²) in [5.41, 5.74) is 0.0582. The summed E-state index contributed by atoms with van der Waals surface area (Å²) >= 11 is 0.121. The molecule has 0 atom stereocenters. The van der Waals surface area contributed by atoms with Crippen LogP contribution in [0.4, 0.5) is 0 Å². The average molecular weight is 162 g/mol. The lowest BCUT2D eigenvalue weighted by molar-refractivity contribution is -0.135. The van der Waals surface area contributed by atoms with Crippen molar-refractivity contribution in [3.05, 3.63) is 11.5 Å². The van der Waals surface area contributed by atoms with Crippen molar-refractivity contribution >= 4 is 34.9 Å². The fourth-order valence-electron chi connectivity index (χ4n) is 0.884. The van der Waals surface area contributed by atoms with Gasteiger partial charge in [-0.2, -0.15) is 0 Å². The van der Waals surface area contributed by atoms with Gasteiger partial charge in [0.1, 0.15) is 7.85 Å². The first-order valence-corrected chi connectivity index (χ1v) is 5.24. The molecule has 0 bridgehead atoms. The predicted molar refractivity (Wildman–Crippen MR) is 42.2 cm³/mol. The molecule has 0 unspecified atom stereocenters. The fraction of sp³-hybridized carbons (Fsp3) is 0.333. The highest BCUT2D eigenvalue weighted by atomic mass is 27.1. The molecule has 1 aliphatic rings. The van der Waals surface area contributed by atoms with Crippen LogP contribution in [-0.4, -0.2) is 45.2 Å². The number of hydrogen-bond acceptors (Lipinski definition) is 2. The number of imide groups is 1. The summed E-state index contributed by atoms with van der Waals surface area (Å²) in [6.07, 6.45) is 1.18. The topological polar surface area (TPSA) is 37.4 Å². The molecule has 1 heterocycles. The molecule has 0 saturated carbocycles. The molecule has 0 aliphatic carbocycles. The molecule has 0 aromatic heterocycles. The molecule has 3 radical (unpaired) electrons. The van der Waals surface area contributed by atoms with Crippen LogP contribution in [0.3, 0.4) is 0 Å². The zero-order chi connectivity index (χ0) is 8.43. The van der Waals surface area contributed by atoms with Crippen LogP contribution in [-0.2, 0) is 9.59 Å². The van der Waals surface area contributed by atoms with E-state index in [1.165, 1.54) is 11.0 Å². The van der Waals surface area contributed by atoms with E-state index in [1.807, 2.05) is 5.79 Å². The fourth-order valence-corrected chi connectivity index (χ4v) is 1.59. The van der Waals surface area contributed by atoms with E-state index in [4.69, 9.17) is 7.85 Å². The molecule has 53 valence electrons. The van der Waals surface area contributed by atoms with Gasteiger partial charge in [-0.05, 0) is 10.9 Å². The summed E-state index contributed by atoms with van der Waals surface area (Å²) in [4.78, 5) is 23.2.